The van der Waals surface area contributed by atoms with Gasteiger partial charge in [-0.05, 0) is 25.0 Å². The molecular weight excluding hydrogens is 304 g/mol. The number of hydrogen-bond acceptors (Lipinski definition) is 5. The van der Waals surface area contributed by atoms with Crippen molar-refractivity contribution >= 4 is 26.8 Å². The molecule has 6 nitrogen and oxygen atoms in total. The van der Waals surface area contributed by atoms with E-state index in [4.69, 9.17) is 4.42 Å². The number of para-hydroxylation sites is 2. The highest BCUT2D eigenvalue weighted by molar-refractivity contribution is 7.91. The fraction of sp³-hybridized carbons (Fsp3) is 0.467. The maximum Gasteiger partial charge on any atom is 0.220 e. The number of amides is 1. The van der Waals surface area contributed by atoms with Crippen molar-refractivity contribution in [3.63, 3.8) is 0 Å². The van der Waals surface area contributed by atoms with Crippen LogP contribution in [0.3, 0.4) is 0 Å². The molecule has 1 atom stereocenters. The monoisotopic (exact) mass is 322 g/mol. The molecule has 1 fully saturated rings. The van der Waals surface area contributed by atoms with E-state index in [0.717, 1.165) is 11.1 Å². The summed E-state index contributed by atoms with van der Waals surface area (Å²) in [6, 6.07) is 7.30. The first-order chi connectivity index (χ1) is 10.5. The summed E-state index contributed by atoms with van der Waals surface area (Å²) in [6.45, 7) is 0. The normalized spacial score (nSPS) is 20.3. The van der Waals surface area contributed by atoms with Crippen molar-refractivity contribution in [1.29, 1.82) is 0 Å². The van der Waals surface area contributed by atoms with Crippen molar-refractivity contribution in [2.45, 2.75) is 31.7 Å². The zero-order valence-electron chi connectivity index (χ0n) is 12.1. The molecule has 0 unspecified atom stereocenters. The molecule has 118 valence electrons. The van der Waals surface area contributed by atoms with E-state index < -0.39 is 9.84 Å². The number of aromatic nitrogens is 1. The average Bonchev–Trinajstić information content (AvgIpc) is 3.01. The lowest BCUT2D eigenvalue weighted by molar-refractivity contribution is -0.121. The summed E-state index contributed by atoms with van der Waals surface area (Å²) in [7, 11) is -2.96. The van der Waals surface area contributed by atoms with Crippen molar-refractivity contribution in [2.75, 3.05) is 11.5 Å². The lowest BCUT2D eigenvalue weighted by Crippen LogP contribution is -2.35. The van der Waals surface area contributed by atoms with Gasteiger partial charge in [0.2, 0.25) is 5.91 Å². The van der Waals surface area contributed by atoms with Gasteiger partial charge < -0.3 is 9.73 Å². The molecule has 3 rings (SSSR count). The maximum atomic E-state index is 11.8. The van der Waals surface area contributed by atoms with E-state index >= 15 is 0 Å². The highest BCUT2D eigenvalue weighted by Gasteiger charge is 2.28. The number of carbonyl (C=O) groups is 1. The first-order valence-corrected chi connectivity index (χ1v) is 9.18. The van der Waals surface area contributed by atoms with Gasteiger partial charge in [0.25, 0.3) is 0 Å². The average molecular weight is 322 g/mol. The van der Waals surface area contributed by atoms with Crippen molar-refractivity contribution in [3.05, 3.63) is 30.2 Å². The molecule has 0 saturated carbocycles. The number of sulfone groups is 1. The van der Waals surface area contributed by atoms with Gasteiger partial charge in [0.15, 0.2) is 21.3 Å². The van der Waals surface area contributed by atoms with Gasteiger partial charge in [0.05, 0.1) is 11.5 Å². The van der Waals surface area contributed by atoms with Crippen LogP contribution in [0, 0.1) is 0 Å². The van der Waals surface area contributed by atoms with Crippen LogP contribution in [-0.2, 0) is 21.1 Å². The fourth-order valence-electron chi connectivity index (χ4n) is 2.64. The fourth-order valence-corrected chi connectivity index (χ4v) is 4.31. The van der Waals surface area contributed by atoms with E-state index in [2.05, 4.69) is 10.3 Å². The third-order valence-corrected chi connectivity index (χ3v) is 5.50. The van der Waals surface area contributed by atoms with Gasteiger partial charge in [-0.2, -0.15) is 0 Å². The van der Waals surface area contributed by atoms with Crippen LogP contribution < -0.4 is 5.32 Å². The van der Waals surface area contributed by atoms with E-state index in [9.17, 15) is 13.2 Å². The van der Waals surface area contributed by atoms with Crippen LogP contribution in [0.1, 0.15) is 25.2 Å². The standard InChI is InChI=1S/C15H18N2O4S/c18-14(16-11-8-9-22(19,20)10-11)6-3-7-15-17-12-4-1-2-5-13(12)21-15/h1-2,4-5,11H,3,6-10H2,(H,16,18)/t11-/m1/s1. The molecule has 2 aromatic rings. The summed E-state index contributed by atoms with van der Waals surface area (Å²) < 4.78 is 28.3. The molecule has 1 N–H and O–H groups in total. The zero-order chi connectivity index (χ0) is 15.6. The summed E-state index contributed by atoms with van der Waals surface area (Å²) in [5.74, 6) is 0.737. The highest BCUT2D eigenvalue weighted by Crippen LogP contribution is 2.16. The van der Waals surface area contributed by atoms with E-state index in [1.165, 1.54) is 0 Å². The lowest BCUT2D eigenvalue weighted by Gasteiger charge is -2.10. The minimum absolute atomic E-state index is 0.0594. The summed E-state index contributed by atoms with van der Waals surface area (Å²) in [5.41, 5.74) is 1.57. The molecule has 0 bridgehead atoms. The largest absolute Gasteiger partial charge is 0.441 e. The molecule has 1 aromatic carbocycles. The molecule has 1 saturated heterocycles. The van der Waals surface area contributed by atoms with Crippen molar-refractivity contribution in [1.82, 2.24) is 10.3 Å². The second-order valence-corrected chi connectivity index (χ2v) is 7.83. The van der Waals surface area contributed by atoms with Gasteiger partial charge in [-0.3, -0.25) is 4.79 Å². The molecule has 0 radical (unpaired) electrons. The summed E-state index contributed by atoms with van der Waals surface area (Å²) in [6.07, 6.45) is 2.07. The second kappa shape index (κ2) is 6.08. The number of carbonyl (C=O) groups excluding carboxylic acids is 1. The number of benzene rings is 1. The van der Waals surface area contributed by atoms with Crippen molar-refractivity contribution < 1.29 is 17.6 Å². The predicted molar refractivity (Wildman–Crippen MR) is 82.1 cm³/mol. The predicted octanol–water partition coefficient (Wildman–Crippen LogP) is 1.45. The van der Waals surface area contributed by atoms with Crippen LogP contribution >= 0.6 is 0 Å². The SMILES string of the molecule is O=C(CCCc1nc2ccccc2o1)N[C@@H]1CCS(=O)(=O)C1. The molecule has 1 aliphatic rings. The number of fused-ring (bicyclic) bond motifs is 1. The van der Waals surface area contributed by atoms with Gasteiger partial charge in [0.1, 0.15) is 5.52 Å². The molecule has 1 amide bonds. The van der Waals surface area contributed by atoms with E-state index in [0.29, 0.717) is 31.6 Å². The Labute approximate surface area is 128 Å². The molecule has 7 heteroatoms. The Balaban J connectivity index is 1.45. The van der Waals surface area contributed by atoms with Crippen LogP contribution in [0.4, 0.5) is 0 Å². The Morgan fingerprint density at radius 1 is 1.36 bits per heavy atom. The quantitative estimate of drug-likeness (QED) is 0.900. The van der Waals surface area contributed by atoms with Gasteiger partial charge in [0, 0.05) is 18.9 Å². The van der Waals surface area contributed by atoms with Crippen LogP contribution in [0.2, 0.25) is 0 Å². The molecule has 1 aromatic heterocycles. The first kappa shape index (κ1) is 15.0. The zero-order valence-corrected chi connectivity index (χ0v) is 12.9. The third kappa shape index (κ3) is 3.65. The molecule has 0 spiro atoms. The number of rotatable bonds is 5. The molecule has 1 aliphatic heterocycles. The molecule has 2 heterocycles. The van der Waals surface area contributed by atoms with E-state index in [-0.39, 0.29) is 23.5 Å². The number of nitrogens with zero attached hydrogens (tertiary/aromatic N) is 1. The number of nitrogens with one attached hydrogen (secondary N) is 1. The number of oxazole rings is 1. The smallest absolute Gasteiger partial charge is 0.220 e. The first-order valence-electron chi connectivity index (χ1n) is 7.36. The van der Waals surface area contributed by atoms with Crippen molar-refractivity contribution in [3.8, 4) is 0 Å². The van der Waals surface area contributed by atoms with Crippen molar-refractivity contribution in [2.24, 2.45) is 0 Å². The molecular formula is C15H18N2O4S. The highest BCUT2D eigenvalue weighted by atomic mass is 32.2. The van der Waals surface area contributed by atoms with E-state index in [1.807, 2.05) is 24.3 Å². The minimum atomic E-state index is -2.96. The summed E-state index contributed by atoms with van der Waals surface area (Å²) >= 11 is 0. The number of aryl methyl sites for hydroxylation is 1. The number of hydrogen-bond donors (Lipinski definition) is 1. The van der Waals surface area contributed by atoms with Gasteiger partial charge in [-0.1, -0.05) is 12.1 Å². The van der Waals surface area contributed by atoms with Crippen LogP contribution in [0.25, 0.3) is 11.1 Å². The third-order valence-electron chi connectivity index (χ3n) is 3.73. The lowest BCUT2D eigenvalue weighted by atomic mass is 10.2. The molecule has 22 heavy (non-hydrogen) atoms. The molecule has 0 aliphatic carbocycles. The summed E-state index contributed by atoms with van der Waals surface area (Å²) in [5, 5.41) is 2.78. The Hall–Kier alpha value is -1.89. The van der Waals surface area contributed by atoms with Crippen LogP contribution in [0.5, 0.6) is 0 Å². The minimum Gasteiger partial charge on any atom is -0.441 e. The van der Waals surface area contributed by atoms with Gasteiger partial charge in [-0.25, -0.2) is 13.4 Å². The van der Waals surface area contributed by atoms with Crippen LogP contribution in [0.15, 0.2) is 28.7 Å². The van der Waals surface area contributed by atoms with Crippen LogP contribution in [-0.4, -0.2) is 36.9 Å². The topological polar surface area (TPSA) is 89.3 Å². The Morgan fingerprint density at radius 2 is 2.18 bits per heavy atom. The Morgan fingerprint density at radius 3 is 2.91 bits per heavy atom. The van der Waals surface area contributed by atoms with Gasteiger partial charge in [-0.15, -0.1) is 0 Å². The van der Waals surface area contributed by atoms with E-state index in [1.54, 1.807) is 0 Å². The second-order valence-electron chi connectivity index (χ2n) is 5.60. The summed E-state index contributed by atoms with van der Waals surface area (Å²) in [4.78, 5) is 16.2. The Kier molecular flexibility index (Phi) is 4.15. The van der Waals surface area contributed by atoms with Gasteiger partial charge >= 0.3 is 0 Å². The maximum absolute atomic E-state index is 11.8. The Bertz CT molecular complexity index is 749.